The van der Waals surface area contributed by atoms with Crippen LogP contribution < -0.4 is 0 Å². The molecule has 152 valence electrons. The van der Waals surface area contributed by atoms with E-state index in [1.165, 1.54) is 16.7 Å². The van der Waals surface area contributed by atoms with Crippen LogP contribution in [0.4, 0.5) is 0 Å². The topological polar surface area (TPSA) is 83.6 Å². The van der Waals surface area contributed by atoms with Crippen molar-refractivity contribution in [3.63, 3.8) is 0 Å². The van der Waals surface area contributed by atoms with Gasteiger partial charge in [0.2, 0.25) is 0 Å². The first kappa shape index (κ1) is 20.6. The molecule has 6 nitrogen and oxygen atoms in total. The van der Waals surface area contributed by atoms with Crippen molar-refractivity contribution in [1.29, 1.82) is 0 Å². The lowest BCUT2D eigenvalue weighted by Gasteiger charge is -2.13. The lowest BCUT2D eigenvalue weighted by Crippen LogP contribution is -2.29. The summed E-state index contributed by atoms with van der Waals surface area (Å²) in [6, 6.07) is 12.9. The molecule has 0 saturated carbocycles. The summed E-state index contributed by atoms with van der Waals surface area (Å²) in [4.78, 5) is 25.3. The summed E-state index contributed by atoms with van der Waals surface area (Å²) in [6.07, 6.45) is 2.12. The van der Waals surface area contributed by atoms with Crippen molar-refractivity contribution < 1.29 is 19.2 Å². The number of hydrogen-bond donors (Lipinski definition) is 1. The number of halogens is 1. The van der Waals surface area contributed by atoms with Gasteiger partial charge >= 0.3 is 5.97 Å². The van der Waals surface area contributed by atoms with Gasteiger partial charge in [-0.3, -0.25) is 14.5 Å². The predicted octanol–water partition coefficient (Wildman–Crippen LogP) is 5.21. The second-order valence-electron chi connectivity index (χ2n) is 6.63. The van der Waals surface area contributed by atoms with Crippen LogP contribution in [0.3, 0.4) is 0 Å². The normalized spacial score (nSPS) is 15.5. The van der Waals surface area contributed by atoms with Crippen molar-refractivity contribution in [3.05, 3.63) is 58.0 Å². The fourth-order valence-corrected chi connectivity index (χ4v) is 4.53. The van der Waals surface area contributed by atoms with Crippen molar-refractivity contribution in [3.8, 4) is 11.3 Å². The number of rotatable bonds is 6. The number of carbonyl (C=O) groups is 2. The zero-order valence-electron chi connectivity index (χ0n) is 15.5. The Hall–Kier alpha value is -2.68. The molecule has 1 aromatic heterocycles. The number of amides is 1. The van der Waals surface area contributed by atoms with Crippen LogP contribution >= 0.6 is 35.6 Å². The molecule has 4 rings (SSSR count). The number of fused-ring (bicyclic) bond motifs is 1. The van der Waals surface area contributed by atoms with Crippen LogP contribution in [0.25, 0.3) is 28.3 Å². The van der Waals surface area contributed by atoms with Gasteiger partial charge in [-0.25, -0.2) is 0 Å². The highest BCUT2D eigenvalue weighted by molar-refractivity contribution is 8.26. The van der Waals surface area contributed by atoms with Crippen LogP contribution in [0, 0.1) is 0 Å². The molecule has 2 aromatic carbocycles. The lowest BCUT2D eigenvalue weighted by molar-refractivity contribution is -0.137. The number of nitrogens with zero attached hydrogens (tertiary/aromatic N) is 2. The molecule has 30 heavy (non-hydrogen) atoms. The van der Waals surface area contributed by atoms with Gasteiger partial charge in [-0.05, 0) is 54.5 Å². The SMILES string of the molecule is O=C(O)CCCN1C(=O)C(=Cc2ccc3noc(-c4ccc(Cl)cc4)c3c2)SC1=S. The summed E-state index contributed by atoms with van der Waals surface area (Å²) in [7, 11) is 0. The van der Waals surface area contributed by atoms with Crippen molar-refractivity contribution in [2.75, 3.05) is 6.54 Å². The summed E-state index contributed by atoms with van der Waals surface area (Å²) in [5.41, 5.74) is 2.37. The first-order chi connectivity index (χ1) is 14.4. The van der Waals surface area contributed by atoms with E-state index in [1.807, 2.05) is 30.3 Å². The van der Waals surface area contributed by atoms with Crippen LogP contribution in [0.15, 0.2) is 51.9 Å². The van der Waals surface area contributed by atoms with Gasteiger partial charge in [0.1, 0.15) is 9.84 Å². The largest absolute Gasteiger partial charge is 0.481 e. The molecule has 0 unspecified atom stereocenters. The van der Waals surface area contributed by atoms with Crippen LogP contribution in [-0.4, -0.2) is 37.9 Å². The number of aliphatic carboxylic acids is 1. The molecule has 1 saturated heterocycles. The molecule has 0 aliphatic carbocycles. The van der Waals surface area contributed by atoms with Gasteiger partial charge in [0, 0.05) is 23.6 Å². The zero-order chi connectivity index (χ0) is 21.3. The fourth-order valence-electron chi connectivity index (χ4n) is 3.09. The molecular formula is C21H15ClN2O4S2. The number of aromatic nitrogens is 1. The molecule has 1 N–H and O–H groups in total. The monoisotopic (exact) mass is 458 g/mol. The predicted molar refractivity (Wildman–Crippen MR) is 121 cm³/mol. The van der Waals surface area contributed by atoms with Crippen LogP contribution in [0.2, 0.25) is 5.02 Å². The van der Waals surface area contributed by atoms with E-state index < -0.39 is 5.97 Å². The van der Waals surface area contributed by atoms with Crippen LogP contribution in [0.5, 0.6) is 0 Å². The van der Waals surface area contributed by atoms with E-state index in [2.05, 4.69) is 5.16 Å². The smallest absolute Gasteiger partial charge is 0.303 e. The van der Waals surface area contributed by atoms with Gasteiger partial charge in [0.15, 0.2) is 5.76 Å². The summed E-state index contributed by atoms with van der Waals surface area (Å²) in [5.74, 6) is -0.480. The number of carbonyl (C=O) groups excluding carboxylic acids is 1. The van der Waals surface area contributed by atoms with E-state index in [1.54, 1.807) is 18.2 Å². The Morgan fingerprint density at radius 3 is 2.77 bits per heavy atom. The number of hydrogen-bond acceptors (Lipinski definition) is 6. The highest BCUT2D eigenvalue weighted by Gasteiger charge is 2.31. The van der Waals surface area contributed by atoms with Crippen molar-refractivity contribution in [1.82, 2.24) is 10.1 Å². The van der Waals surface area contributed by atoms with E-state index in [0.717, 1.165) is 16.5 Å². The summed E-state index contributed by atoms with van der Waals surface area (Å²) in [5, 5.41) is 14.3. The summed E-state index contributed by atoms with van der Waals surface area (Å²) in [6.45, 7) is 0.291. The molecule has 0 bridgehead atoms. The Labute approximate surface area is 186 Å². The molecule has 1 amide bonds. The molecule has 0 atom stereocenters. The van der Waals surface area contributed by atoms with Crippen LogP contribution in [-0.2, 0) is 9.59 Å². The zero-order valence-corrected chi connectivity index (χ0v) is 17.9. The highest BCUT2D eigenvalue weighted by Crippen LogP contribution is 2.34. The Bertz CT molecular complexity index is 1190. The van der Waals surface area contributed by atoms with Crippen LogP contribution in [0.1, 0.15) is 18.4 Å². The first-order valence-corrected chi connectivity index (χ1v) is 10.6. The summed E-state index contributed by atoms with van der Waals surface area (Å²) >= 11 is 12.5. The van der Waals surface area contributed by atoms with Gasteiger partial charge in [0.25, 0.3) is 5.91 Å². The van der Waals surface area contributed by atoms with E-state index in [-0.39, 0.29) is 12.3 Å². The maximum absolute atomic E-state index is 12.7. The fraction of sp³-hybridized carbons (Fsp3) is 0.143. The molecule has 0 spiro atoms. The Morgan fingerprint density at radius 2 is 2.03 bits per heavy atom. The second kappa shape index (κ2) is 8.59. The highest BCUT2D eigenvalue weighted by atomic mass is 35.5. The molecule has 2 heterocycles. The number of benzene rings is 2. The van der Waals surface area contributed by atoms with Gasteiger partial charge in [-0.15, -0.1) is 0 Å². The van der Waals surface area contributed by atoms with Gasteiger partial charge in [-0.1, -0.05) is 46.8 Å². The average molecular weight is 459 g/mol. The first-order valence-electron chi connectivity index (χ1n) is 9.05. The minimum Gasteiger partial charge on any atom is -0.481 e. The molecular weight excluding hydrogens is 444 g/mol. The van der Waals surface area contributed by atoms with E-state index in [0.29, 0.717) is 38.5 Å². The molecule has 0 radical (unpaired) electrons. The second-order valence-corrected chi connectivity index (χ2v) is 8.74. The third-order valence-electron chi connectivity index (χ3n) is 4.55. The number of carboxylic acid groups (broad SMARTS) is 1. The maximum atomic E-state index is 12.7. The molecule has 9 heteroatoms. The quantitative estimate of drug-likeness (QED) is 0.400. The Morgan fingerprint density at radius 1 is 1.27 bits per heavy atom. The number of thiocarbonyl (C=S) groups is 1. The average Bonchev–Trinajstić information content (AvgIpc) is 3.24. The molecule has 1 aliphatic heterocycles. The minimum atomic E-state index is -0.894. The third kappa shape index (κ3) is 4.26. The van der Waals surface area contributed by atoms with Crippen molar-refractivity contribution in [2.24, 2.45) is 0 Å². The standard InChI is InChI=1S/C21H15ClN2O4S2/c22-14-6-4-13(5-7-14)19-15-10-12(3-8-16(15)23-28-19)11-17-20(27)24(21(29)30-17)9-1-2-18(25)26/h3-8,10-11H,1-2,9H2,(H,25,26). The Balaban J connectivity index is 1.60. The van der Waals surface area contributed by atoms with Crippen molar-refractivity contribution >= 4 is 68.8 Å². The van der Waals surface area contributed by atoms with Gasteiger partial charge < -0.3 is 9.63 Å². The van der Waals surface area contributed by atoms with E-state index in [9.17, 15) is 9.59 Å². The molecule has 3 aromatic rings. The van der Waals surface area contributed by atoms with Gasteiger partial charge in [0.05, 0.1) is 10.3 Å². The number of thioether (sulfide) groups is 1. The summed E-state index contributed by atoms with van der Waals surface area (Å²) < 4.78 is 5.96. The van der Waals surface area contributed by atoms with Crippen molar-refractivity contribution in [2.45, 2.75) is 12.8 Å². The number of carboxylic acids is 1. The Kier molecular flexibility index (Phi) is 5.90. The molecule has 1 fully saturated rings. The maximum Gasteiger partial charge on any atom is 0.303 e. The molecule has 1 aliphatic rings. The third-order valence-corrected chi connectivity index (χ3v) is 6.18. The lowest BCUT2D eigenvalue weighted by atomic mass is 10.1. The minimum absolute atomic E-state index is 0.00621. The van der Waals surface area contributed by atoms with E-state index >= 15 is 0 Å². The van der Waals surface area contributed by atoms with Gasteiger partial charge in [-0.2, -0.15) is 0 Å². The van der Waals surface area contributed by atoms with E-state index in [4.69, 9.17) is 33.4 Å².